The Morgan fingerprint density at radius 3 is 1.11 bits per heavy atom. The van der Waals surface area contributed by atoms with E-state index >= 15 is 0 Å². The van der Waals surface area contributed by atoms with Crippen molar-refractivity contribution in [3.8, 4) is 0 Å². The molecule has 3 aromatic rings. The zero-order valence-electron chi connectivity index (χ0n) is 18.4. The third-order valence-electron chi connectivity index (χ3n) is 3.47. The van der Waals surface area contributed by atoms with Crippen LogP contribution < -0.4 is 0 Å². The molecule has 0 aromatic carbocycles. The Hall–Kier alpha value is 2.41. The summed E-state index contributed by atoms with van der Waals surface area (Å²) in [5.74, 6) is 0. The van der Waals surface area contributed by atoms with Crippen LogP contribution in [0.15, 0.2) is 34.3 Å². The molecule has 0 fully saturated rings. The molecule has 27 heavy (non-hydrogen) atoms. The summed E-state index contributed by atoms with van der Waals surface area (Å²) in [5.41, 5.74) is 4.35. The fraction of sp³-hybridized carbons (Fsp3) is 0.286. The van der Waals surface area contributed by atoms with E-state index in [-0.39, 0.29) is 120 Å². The zero-order chi connectivity index (χ0) is 15.8. The topological polar surface area (TPSA) is 0 Å². The molecule has 0 nitrogen and oxygen atoms in total. The Labute approximate surface area is 257 Å². The van der Waals surface area contributed by atoms with Crippen LogP contribution in [0.25, 0.3) is 0 Å². The van der Waals surface area contributed by atoms with Gasteiger partial charge in [-0.1, -0.05) is 12.1 Å². The maximum atomic E-state index is 2.19. The van der Waals surface area contributed by atoms with E-state index in [0.717, 1.165) is 0 Å². The van der Waals surface area contributed by atoms with Gasteiger partial charge in [0.25, 0.3) is 0 Å². The molecule has 0 aliphatic heterocycles. The zero-order valence-corrected chi connectivity index (χ0v) is 29.4. The maximum absolute atomic E-state index is 2.19. The Balaban J connectivity index is -0.0000000566. The van der Waals surface area contributed by atoms with Crippen LogP contribution in [-0.2, 0) is 98.1 Å². The van der Waals surface area contributed by atoms with Crippen molar-refractivity contribution in [1.82, 2.24) is 0 Å². The van der Waals surface area contributed by atoms with Gasteiger partial charge >= 0.3 is 0 Å². The molecule has 0 aliphatic carbocycles. The summed E-state index contributed by atoms with van der Waals surface area (Å²) in [6.07, 6.45) is 0. The quantitative estimate of drug-likeness (QED) is 0.215. The molecule has 147 valence electrons. The first-order chi connectivity index (χ1) is 9.93. The Kier molecular flexibility index (Phi) is 39.6. The molecule has 0 spiro atoms. The van der Waals surface area contributed by atoms with E-state index in [0.29, 0.717) is 0 Å². The SMILES string of the molecule is Cc1ccsc1C.Cc1sc(C)c(C)c1C.[CH3-].[CH3-].[CH3-].[Y].[Y].[Y].c1ccsc1. The smallest absolute Gasteiger partial charge is 0.00489 e. The average molecular weight is 648 g/mol. The first kappa shape index (κ1) is 43.3. The Bertz CT molecular complexity index is 586. The fourth-order valence-electron chi connectivity index (χ4n) is 1.59. The predicted molar refractivity (Wildman–Crippen MR) is 121 cm³/mol. The van der Waals surface area contributed by atoms with Crippen LogP contribution in [0.4, 0.5) is 0 Å². The molecule has 3 heterocycles. The van der Waals surface area contributed by atoms with Crippen molar-refractivity contribution in [2.75, 3.05) is 0 Å². The predicted octanol–water partition coefficient (Wildman–Crippen LogP) is 8.44. The number of thiophene rings is 3. The largest absolute Gasteiger partial charge is 0.358 e. The van der Waals surface area contributed by atoms with Crippen molar-refractivity contribution in [1.29, 1.82) is 0 Å². The molecular formula is C21H33S3Y3-3. The van der Waals surface area contributed by atoms with Gasteiger partial charge in [-0.3, -0.25) is 0 Å². The van der Waals surface area contributed by atoms with Crippen LogP contribution in [0.1, 0.15) is 31.3 Å². The van der Waals surface area contributed by atoms with Gasteiger partial charge in [0, 0.05) is 113 Å². The fourth-order valence-corrected chi connectivity index (χ4v) is 3.84. The van der Waals surface area contributed by atoms with Crippen molar-refractivity contribution in [2.24, 2.45) is 0 Å². The van der Waals surface area contributed by atoms with Gasteiger partial charge in [-0.2, -0.15) is 11.3 Å². The molecule has 0 atom stereocenters. The normalized spacial score (nSPS) is 7.33. The van der Waals surface area contributed by atoms with Gasteiger partial charge in [0.2, 0.25) is 0 Å². The van der Waals surface area contributed by atoms with Gasteiger partial charge in [-0.05, 0) is 80.4 Å². The minimum absolute atomic E-state index is 0. The number of rotatable bonds is 0. The molecule has 0 aliphatic rings. The van der Waals surface area contributed by atoms with Gasteiger partial charge in [-0.25, -0.2) is 0 Å². The number of aryl methyl sites for hydroxylation is 4. The molecule has 0 unspecified atom stereocenters. The number of hydrogen-bond acceptors (Lipinski definition) is 3. The molecule has 0 bridgehead atoms. The summed E-state index contributed by atoms with van der Waals surface area (Å²) < 4.78 is 0. The van der Waals surface area contributed by atoms with Crippen molar-refractivity contribution in [3.63, 3.8) is 0 Å². The molecular weight excluding hydrogens is 615 g/mol. The van der Waals surface area contributed by atoms with Crippen LogP contribution in [-0.4, -0.2) is 0 Å². The molecule has 0 N–H and O–H groups in total. The Morgan fingerprint density at radius 2 is 1.00 bits per heavy atom. The minimum atomic E-state index is 0. The van der Waals surface area contributed by atoms with E-state index in [1.165, 1.54) is 31.3 Å². The van der Waals surface area contributed by atoms with E-state index in [2.05, 4.69) is 53.0 Å². The van der Waals surface area contributed by atoms with Crippen LogP contribution in [0, 0.1) is 63.8 Å². The number of hydrogen-bond donors (Lipinski definition) is 0. The van der Waals surface area contributed by atoms with Crippen molar-refractivity contribution < 1.29 is 98.1 Å². The van der Waals surface area contributed by atoms with E-state index in [4.69, 9.17) is 0 Å². The molecule has 3 aromatic heterocycles. The maximum Gasteiger partial charge on any atom is 0.00489 e. The molecule has 6 heteroatoms. The molecule has 3 radical (unpaired) electrons. The standard InChI is InChI=1S/C8H12S.C6H8S.C4H4S.3CH3.3Y/c1-5-6(2)8(4)9-7(5)3;1-5-3-4-7-6(5)2;1-2-4-5-3-1;;;;;;/h1-4H3;3-4H,1-2H3;1-4H;3*1H3;;;/q;;;3*-1;;;. The monoisotopic (exact) mass is 648 g/mol. The van der Waals surface area contributed by atoms with E-state index < -0.39 is 0 Å². The van der Waals surface area contributed by atoms with Crippen molar-refractivity contribution >= 4 is 34.0 Å². The van der Waals surface area contributed by atoms with E-state index in [9.17, 15) is 0 Å². The van der Waals surface area contributed by atoms with Gasteiger partial charge in [-0.15, -0.1) is 22.7 Å². The summed E-state index contributed by atoms with van der Waals surface area (Å²) in [6.45, 7) is 13.0. The van der Waals surface area contributed by atoms with Crippen molar-refractivity contribution in [3.05, 3.63) is 87.9 Å². The van der Waals surface area contributed by atoms with Gasteiger partial charge in [0.1, 0.15) is 0 Å². The summed E-state index contributed by atoms with van der Waals surface area (Å²) in [4.78, 5) is 4.36. The van der Waals surface area contributed by atoms with Crippen LogP contribution >= 0.6 is 34.0 Å². The molecule has 0 saturated carbocycles. The average Bonchev–Trinajstić information content (AvgIpc) is 3.17. The van der Waals surface area contributed by atoms with E-state index in [1.54, 1.807) is 22.7 Å². The molecule has 3 rings (SSSR count). The molecule has 0 saturated heterocycles. The first-order valence-corrected chi connectivity index (χ1v) is 9.58. The minimum Gasteiger partial charge on any atom is -0.358 e. The second-order valence-corrected chi connectivity index (χ2v) is 8.28. The summed E-state index contributed by atoms with van der Waals surface area (Å²) in [6, 6.07) is 6.18. The Morgan fingerprint density at radius 1 is 0.593 bits per heavy atom. The second kappa shape index (κ2) is 24.7. The van der Waals surface area contributed by atoms with Crippen molar-refractivity contribution in [2.45, 2.75) is 41.5 Å². The van der Waals surface area contributed by atoms with Crippen LogP contribution in [0.3, 0.4) is 0 Å². The van der Waals surface area contributed by atoms with Gasteiger partial charge in [0.05, 0.1) is 0 Å². The van der Waals surface area contributed by atoms with Crippen LogP contribution in [0.2, 0.25) is 0 Å². The first-order valence-electron chi connectivity index (χ1n) is 6.94. The van der Waals surface area contributed by atoms with Gasteiger partial charge < -0.3 is 22.3 Å². The van der Waals surface area contributed by atoms with Crippen LogP contribution in [0.5, 0.6) is 0 Å². The summed E-state index contributed by atoms with van der Waals surface area (Å²) in [5, 5.41) is 6.20. The summed E-state index contributed by atoms with van der Waals surface area (Å²) >= 11 is 5.41. The summed E-state index contributed by atoms with van der Waals surface area (Å²) in [7, 11) is 0. The van der Waals surface area contributed by atoms with E-state index in [1.807, 2.05) is 34.2 Å². The second-order valence-electron chi connectivity index (χ2n) is 4.92. The third-order valence-corrected chi connectivity index (χ3v) is 6.27. The molecule has 0 amide bonds. The third kappa shape index (κ3) is 17.8. The van der Waals surface area contributed by atoms with Gasteiger partial charge in [0.15, 0.2) is 0 Å².